The van der Waals surface area contributed by atoms with Crippen LogP contribution in [0.1, 0.15) is 15.9 Å². The zero-order chi connectivity index (χ0) is 21.4. The van der Waals surface area contributed by atoms with E-state index in [2.05, 4.69) is 5.32 Å². The van der Waals surface area contributed by atoms with Gasteiger partial charge in [0.1, 0.15) is 16.9 Å². The van der Waals surface area contributed by atoms with Gasteiger partial charge in [-0.3, -0.25) is 4.79 Å². The molecule has 0 saturated heterocycles. The van der Waals surface area contributed by atoms with Gasteiger partial charge in [0.05, 0.1) is 24.2 Å². The third-order valence-corrected chi connectivity index (χ3v) is 5.19. The Morgan fingerprint density at radius 1 is 1.16 bits per heavy atom. The van der Waals surface area contributed by atoms with Crippen molar-refractivity contribution in [1.29, 1.82) is 0 Å². The lowest BCUT2D eigenvalue weighted by molar-refractivity contribution is 0.0939. The number of hydrogen-bond acceptors (Lipinski definition) is 7. The summed E-state index contributed by atoms with van der Waals surface area (Å²) in [4.78, 5) is 22.4. The lowest BCUT2D eigenvalue weighted by Gasteiger charge is -2.09. The molecule has 0 aliphatic carbocycles. The number of fused-ring (bicyclic) bond motifs is 3. The number of aromatic nitrogens is 3. The van der Waals surface area contributed by atoms with Gasteiger partial charge in [0.2, 0.25) is 6.79 Å². The number of amides is 1. The van der Waals surface area contributed by atoms with E-state index in [9.17, 15) is 4.79 Å². The number of methoxy groups -OCH3 is 1. The van der Waals surface area contributed by atoms with Crippen LogP contribution in [0.2, 0.25) is 0 Å². The van der Waals surface area contributed by atoms with Gasteiger partial charge in [-0.05, 0) is 29.8 Å². The molecule has 3 N–H and O–H groups in total. The Hall–Kier alpha value is -3.85. The number of para-hydroxylation sites is 2. The summed E-state index contributed by atoms with van der Waals surface area (Å²) in [5.74, 6) is 1.38. The molecule has 3 heterocycles. The number of carbonyl (C=O) groups excluding carboxylic acids is 1. The maximum Gasteiger partial charge on any atom is 0.257 e. The van der Waals surface area contributed by atoms with Gasteiger partial charge in [0.25, 0.3) is 5.91 Å². The van der Waals surface area contributed by atoms with Crippen molar-refractivity contribution in [1.82, 2.24) is 19.9 Å². The maximum atomic E-state index is 12.9. The summed E-state index contributed by atoms with van der Waals surface area (Å²) < 4.78 is 17.7. The number of rotatable bonds is 6. The Bertz CT molecular complexity index is 1300. The third-order valence-electron chi connectivity index (χ3n) is 5.19. The Morgan fingerprint density at radius 2 is 1.94 bits per heavy atom. The van der Waals surface area contributed by atoms with E-state index >= 15 is 0 Å². The number of carbonyl (C=O) groups is 1. The summed E-state index contributed by atoms with van der Waals surface area (Å²) in [5, 5.41) is 2.83. The second kappa shape index (κ2) is 7.77. The van der Waals surface area contributed by atoms with Crippen molar-refractivity contribution >= 4 is 33.9 Å². The van der Waals surface area contributed by atoms with Gasteiger partial charge in [-0.15, -0.1) is 0 Å². The molecule has 31 heavy (non-hydrogen) atoms. The van der Waals surface area contributed by atoms with Crippen LogP contribution in [-0.4, -0.2) is 47.5 Å². The molecule has 0 fully saturated rings. The Kier molecular flexibility index (Phi) is 4.79. The van der Waals surface area contributed by atoms with E-state index in [4.69, 9.17) is 29.9 Å². The summed E-state index contributed by atoms with van der Waals surface area (Å²) in [6.45, 7) is 1.37. The van der Waals surface area contributed by atoms with Crippen LogP contribution in [0, 0.1) is 0 Å². The molecule has 158 valence electrons. The highest BCUT2D eigenvalue weighted by atomic mass is 16.7. The van der Waals surface area contributed by atoms with Crippen LogP contribution in [-0.2, 0) is 11.3 Å². The summed E-state index contributed by atoms with van der Waals surface area (Å²) in [6.07, 6.45) is 0. The second-order valence-corrected chi connectivity index (χ2v) is 7.17. The standard InChI is InChI=1S/C22H21N5O4/c1-29-9-8-24-22(28)18-19-21(26-15-5-3-2-4-14(15)25-19)27(20(18)23)11-13-6-7-16-17(10-13)31-12-30-16/h2-7,10H,8-9,11-12,23H2,1H3,(H,24,28). The molecule has 0 saturated carbocycles. The van der Waals surface area contributed by atoms with E-state index in [1.54, 1.807) is 11.7 Å². The fourth-order valence-electron chi connectivity index (χ4n) is 3.68. The minimum atomic E-state index is -0.312. The van der Waals surface area contributed by atoms with Crippen molar-refractivity contribution in [3.63, 3.8) is 0 Å². The van der Waals surface area contributed by atoms with Crippen molar-refractivity contribution in [2.24, 2.45) is 0 Å². The molecule has 2 aromatic heterocycles. The topological polar surface area (TPSA) is 114 Å². The van der Waals surface area contributed by atoms with Crippen LogP contribution in [0.5, 0.6) is 11.5 Å². The molecule has 1 aliphatic rings. The molecule has 0 bridgehead atoms. The molecule has 5 rings (SSSR count). The van der Waals surface area contributed by atoms with Gasteiger partial charge in [-0.25, -0.2) is 9.97 Å². The van der Waals surface area contributed by atoms with E-state index < -0.39 is 0 Å². The van der Waals surface area contributed by atoms with Crippen LogP contribution in [0.4, 0.5) is 5.82 Å². The fraction of sp³-hybridized carbons (Fsp3) is 0.227. The van der Waals surface area contributed by atoms with Crippen molar-refractivity contribution in [3.05, 3.63) is 53.6 Å². The molecule has 9 nitrogen and oxygen atoms in total. The highest BCUT2D eigenvalue weighted by Crippen LogP contribution is 2.34. The quantitative estimate of drug-likeness (QED) is 0.461. The first-order valence-electron chi connectivity index (χ1n) is 9.86. The predicted molar refractivity (Wildman–Crippen MR) is 115 cm³/mol. The number of ether oxygens (including phenoxy) is 3. The SMILES string of the molecule is COCCNC(=O)c1c(N)n(Cc2ccc3c(c2)OCO3)c2nc3ccccc3nc12. The Morgan fingerprint density at radius 3 is 2.74 bits per heavy atom. The van der Waals surface area contributed by atoms with Gasteiger partial charge in [-0.1, -0.05) is 18.2 Å². The minimum Gasteiger partial charge on any atom is -0.454 e. The third kappa shape index (κ3) is 3.38. The van der Waals surface area contributed by atoms with Crippen LogP contribution < -0.4 is 20.5 Å². The monoisotopic (exact) mass is 419 g/mol. The first kappa shape index (κ1) is 19.1. The van der Waals surface area contributed by atoms with Crippen LogP contribution in [0.25, 0.3) is 22.2 Å². The van der Waals surface area contributed by atoms with Crippen LogP contribution in [0.3, 0.4) is 0 Å². The first-order chi connectivity index (χ1) is 15.2. The van der Waals surface area contributed by atoms with Crippen LogP contribution in [0.15, 0.2) is 42.5 Å². The van der Waals surface area contributed by atoms with Gasteiger partial charge < -0.3 is 29.8 Å². The number of benzene rings is 2. The highest BCUT2D eigenvalue weighted by Gasteiger charge is 2.24. The Labute approximate surface area is 177 Å². The molecule has 9 heteroatoms. The molecule has 0 atom stereocenters. The summed E-state index contributed by atoms with van der Waals surface area (Å²) in [5.41, 5.74) is 10.2. The van der Waals surface area contributed by atoms with E-state index in [-0.39, 0.29) is 12.7 Å². The number of nitrogens with one attached hydrogen (secondary N) is 1. The van der Waals surface area contributed by atoms with Gasteiger partial charge in [0, 0.05) is 13.7 Å². The number of anilines is 1. The molecule has 0 radical (unpaired) electrons. The van der Waals surface area contributed by atoms with Gasteiger partial charge in [0.15, 0.2) is 17.1 Å². The van der Waals surface area contributed by atoms with Gasteiger partial charge in [-0.2, -0.15) is 0 Å². The van der Waals surface area contributed by atoms with E-state index in [0.29, 0.717) is 59.3 Å². The number of hydrogen-bond donors (Lipinski definition) is 2. The molecule has 0 spiro atoms. The van der Waals surface area contributed by atoms with Gasteiger partial charge >= 0.3 is 0 Å². The second-order valence-electron chi connectivity index (χ2n) is 7.17. The van der Waals surface area contributed by atoms with E-state index in [1.165, 1.54) is 0 Å². The zero-order valence-corrected chi connectivity index (χ0v) is 16.9. The highest BCUT2D eigenvalue weighted by molar-refractivity contribution is 6.10. The zero-order valence-electron chi connectivity index (χ0n) is 16.9. The molecular formula is C22H21N5O4. The lowest BCUT2D eigenvalue weighted by atomic mass is 10.2. The normalized spacial score (nSPS) is 12.5. The minimum absolute atomic E-state index is 0.205. The van der Waals surface area contributed by atoms with Crippen molar-refractivity contribution in [3.8, 4) is 11.5 Å². The number of nitrogens with zero attached hydrogens (tertiary/aromatic N) is 3. The van der Waals surface area contributed by atoms with E-state index in [0.717, 1.165) is 11.1 Å². The first-order valence-corrected chi connectivity index (χ1v) is 9.86. The molecule has 4 aromatic rings. The summed E-state index contributed by atoms with van der Waals surface area (Å²) in [7, 11) is 1.58. The van der Waals surface area contributed by atoms with Crippen molar-refractivity contribution in [2.45, 2.75) is 6.54 Å². The Balaban J connectivity index is 1.63. The lowest BCUT2D eigenvalue weighted by Crippen LogP contribution is -2.27. The fourth-order valence-corrected chi connectivity index (χ4v) is 3.68. The molecule has 0 unspecified atom stereocenters. The molecular weight excluding hydrogens is 398 g/mol. The molecule has 1 aliphatic heterocycles. The smallest absolute Gasteiger partial charge is 0.257 e. The largest absolute Gasteiger partial charge is 0.454 e. The summed E-state index contributed by atoms with van der Waals surface area (Å²) in [6, 6.07) is 13.2. The number of nitrogen functional groups attached to an aromatic ring is 1. The van der Waals surface area contributed by atoms with Crippen molar-refractivity contribution < 1.29 is 19.0 Å². The molecule has 2 aromatic carbocycles. The summed E-state index contributed by atoms with van der Waals surface area (Å²) >= 11 is 0. The number of nitrogens with two attached hydrogens (primary N) is 1. The van der Waals surface area contributed by atoms with Crippen LogP contribution >= 0.6 is 0 Å². The predicted octanol–water partition coefficient (Wildman–Crippen LogP) is 2.32. The van der Waals surface area contributed by atoms with Crippen molar-refractivity contribution in [2.75, 3.05) is 32.8 Å². The average Bonchev–Trinajstić information content (AvgIpc) is 3.34. The van der Waals surface area contributed by atoms with E-state index in [1.807, 2.05) is 42.5 Å². The average molecular weight is 419 g/mol. The molecule has 1 amide bonds. The maximum absolute atomic E-state index is 12.9.